The van der Waals surface area contributed by atoms with Gasteiger partial charge in [-0.25, -0.2) is 0 Å². The van der Waals surface area contributed by atoms with Crippen LogP contribution in [0, 0.1) is 11.8 Å². The molecule has 1 N–H and O–H groups in total. The number of hydrogen-bond donors (Lipinski definition) is 1. The smallest absolute Gasteiger partial charge is 0.309 e. The maximum Gasteiger partial charge on any atom is 0.309 e. The zero-order chi connectivity index (χ0) is 25.5. The van der Waals surface area contributed by atoms with Crippen LogP contribution in [-0.2, 0) is 23.8 Å². The average molecular weight is 505 g/mol. The Labute approximate surface area is 213 Å². The molecule has 2 aliphatic rings. The second-order valence-electron chi connectivity index (χ2n) is 8.31. The molecule has 192 valence electrons. The molecule has 2 aromatic carbocycles. The molecule has 0 aliphatic heterocycles. The minimum atomic E-state index is -0.191. The van der Waals surface area contributed by atoms with Gasteiger partial charge in [0.1, 0.15) is 6.61 Å². The van der Waals surface area contributed by atoms with Gasteiger partial charge in [0.05, 0.1) is 25.7 Å². The van der Waals surface area contributed by atoms with Gasteiger partial charge in [-0.1, -0.05) is 60.7 Å². The first kappa shape index (κ1) is 29.0. The third-order valence-corrected chi connectivity index (χ3v) is 6.03. The number of ether oxygens (including phenoxy) is 3. The number of aliphatic hydroxyl groups excluding tert-OH is 1. The van der Waals surface area contributed by atoms with Crippen LogP contribution in [0.5, 0.6) is 0 Å². The van der Waals surface area contributed by atoms with Crippen LogP contribution < -0.4 is 0 Å². The molecule has 7 heteroatoms. The Balaban J connectivity index is 0.000000209. The zero-order valence-electron chi connectivity index (χ0n) is 20.6. The van der Waals surface area contributed by atoms with Crippen LogP contribution >= 0.6 is 11.6 Å². The van der Waals surface area contributed by atoms with E-state index in [9.17, 15) is 9.59 Å². The summed E-state index contributed by atoms with van der Waals surface area (Å²) >= 11 is 5.38. The Hall–Kier alpha value is -2.25. The van der Waals surface area contributed by atoms with E-state index in [4.69, 9.17) is 30.9 Å². The van der Waals surface area contributed by atoms with Gasteiger partial charge in [0, 0.05) is 19.1 Å². The Kier molecular flexibility index (Phi) is 13.6. The van der Waals surface area contributed by atoms with E-state index >= 15 is 0 Å². The van der Waals surface area contributed by atoms with Gasteiger partial charge in [0.2, 0.25) is 5.24 Å². The molecule has 2 fully saturated rings. The third kappa shape index (κ3) is 10.9. The summed E-state index contributed by atoms with van der Waals surface area (Å²) in [6, 6.07) is 20.2. The predicted molar refractivity (Wildman–Crippen MR) is 136 cm³/mol. The number of aliphatic hydroxyl groups is 1. The molecular weight excluding hydrogens is 468 g/mol. The highest BCUT2D eigenvalue weighted by Crippen LogP contribution is 2.49. The third-order valence-electron chi connectivity index (χ3n) is 5.75. The first-order valence-corrected chi connectivity index (χ1v) is 12.6. The van der Waals surface area contributed by atoms with Crippen molar-refractivity contribution in [2.75, 3.05) is 39.6 Å². The highest BCUT2D eigenvalue weighted by molar-refractivity contribution is 6.64. The van der Waals surface area contributed by atoms with Crippen LogP contribution in [0.15, 0.2) is 60.7 Å². The molecule has 2 aromatic rings. The van der Waals surface area contributed by atoms with Gasteiger partial charge < -0.3 is 19.3 Å². The molecule has 0 radical (unpaired) electrons. The summed E-state index contributed by atoms with van der Waals surface area (Å²) in [6.07, 6.45) is 1.84. The minimum Gasteiger partial charge on any atom is -0.463 e. The number of esters is 1. The maximum atomic E-state index is 11.7. The van der Waals surface area contributed by atoms with E-state index in [1.54, 1.807) is 0 Å². The first-order chi connectivity index (χ1) is 17.0. The second-order valence-corrected chi connectivity index (χ2v) is 8.68. The van der Waals surface area contributed by atoms with Crippen LogP contribution in [0.25, 0.3) is 0 Å². The Morgan fingerprint density at radius 1 is 0.800 bits per heavy atom. The monoisotopic (exact) mass is 504 g/mol. The van der Waals surface area contributed by atoms with E-state index in [2.05, 4.69) is 12.1 Å². The summed E-state index contributed by atoms with van der Waals surface area (Å²) in [5, 5.41) is 7.88. The molecule has 0 aromatic heterocycles. The second kappa shape index (κ2) is 16.4. The summed E-state index contributed by atoms with van der Waals surface area (Å²) in [4.78, 5) is 22.4. The molecule has 4 atom stereocenters. The Morgan fingerprint density at radius 2 is 1.29 bits per heavy atom. The largest absolute Gasteiger partial charge is 0.463 e. The molecule has 6 nitrogen and oxygen atoms in total. The van der Waals surface area contributed by atoms with Gasteiger partial charge in [-0.3, -0.25) is 9.59 Å². The number of carbonyl (C=O) groups is 2. The molecule has 4 rings (SSSR count). The Morgan fingerprint density at radius 3 is 1.71 bits per heavy atom. The molecule has 0 amide bonds. The van der Waals surface area contributed by atoms with Crippen molar-refractivity contribution in [3.8, 4) is 0 Å². The number of halogens is 1. The van der Waals surface area contributed by atoms with Gasteiger partial charge in [-0.2, -0.15) is 0 Å². The molecule has 0 unspecified atom stereocenters. The molecule has 2 aliphatic carbocycles. The lowest BCUT2D eigenvalue weighted by molar-refractivity contribution is -0.146. The minimum absolute atomic E-state index is 0.0547. The number of carbonyl (C=O) groups excluding carboxylic acids is 2. The lowest BCUT2D eigenvalue weighted by Gasteiger charge is -2.04. The lowest BCUT2D eigenvalue weighted by Crippen LogP contribution is -2.12. The number of hydrogen-bond acceptors (Lipinski definition) is 6. The fourth-order valence-corrected chi connectivity index (χ4v) is 3.94. The first-order valence-electron chi connectivity index (χ1n) is 12.3. The average Bonchev–Trinajstić information content (AvgIpc) is 3.81. The normalized spacial score (nSPS) is 21.5. The van der Waals surface area contributed by atoms with Crippen molar-refractivity contribution in [1.29, 1.82) is 0 Å². The number of benzene rings is 2. The topological polar surface area (TPSA) is 82.1 Å². The summed E-state index contributed by atoms with van der Waals surface area (Å²) in [5.41, 5.74) is 2.47. The van der Waals surface area contributed by atoms with Gasteiger partial charge in [-0.05, 0) is 61.3 Å². The summed E-state index contributed by atoms with van der Waals surface area (Å²) < 4.78 is 15.0. The predicted octanol–water partition coefficient (Wildman–Crippen LogP) is 4.94. The highest BCUT2D eigenvalue weighted by atomic mass is 35.5. The van der Waals surface area contributed by atoms with Crippen molar-refractivity contribution >= 4 is 22.8 Å². The van der Waals surface area contributed by atoms with Gasteiger partial charge in [0.25, 0.3) is 0 Å². The molecule has 0 saturated heterocycles. The fourth-order valence-electron chi connectivity index (χ4n) is 3.70. The van der Waals surface area contributed by atoms with Gasteiger partial charge >= 0.3 is 5.97 Å². The van der Waals surface area contributed by atoms with Crippen molar-refractivity contribution in [1.82, 2.24) is 0 Å². The molecular formula is C28H37ClO6. The fraction of sp³-hybridized carbons (Fsp3) is 0.500. The van der Waals surface area contributed by atoms with Gasteiger partial charge in [-0.15, -0.1) is 0 Å². The van der Waals surface area contributed by atoms with Gasteiger partial charge in [0.15, 0.2) is 0 Å². The van der Waals surface area contributed by atoms with E-state index in [0.717, 1.165) is 12.8 Å². The van der Waals surface area contributed by atoms with Crippen molar-refractivity contribution in [2.45, 2.75) is 38.5 Å². The van der Waals surface area contributed by atoms with Crippen molar-refractivity contribution < 1.29 is 28.9 Å². The maximum absolute atomic E-state index is 11.7. The summed E-state index contributed by atoms with van der Waals surface area (Å²) in [5.74, 6) is 0.790. The van der Waals surface area contributed by atoms with E-state index in [1.807, 2.05) is 62.4 Å². The SMILES string of the molecule is CCOCCO.CCOCCOC(=O)[C@@H]1C[C@H]1c1ccccc1.O=C(Cl)[C@@H]1C[C@H]1c1ccccc1. The quantitative estimate of drug-likeness (QED) is 0.265. The van der Waals surface area contributed by atoms with Crippen LogP contribution in [0.1, 0.15) is 49.7 Å². The van der Waals surface area contributed by atoms with Crippen molar-refractivity contribution in [3.63, 3.8) is 0 Å². The number of rotatable bonds is 11. The summed E-state index contributed by atoms with van der Waals surface area (Å²) in [6.45, 7) is 6.64. The zero-order valence-corrected chi connectivity index (χ0v) is 21.4. The molecule has 0 bridgehead atoms. The summed E-state index contributed by atoms with van der Waals surface area (Å²) in [7, 11) is 0. The lowest BCUT2D eigenvalue weighted by atomic mass is 10.1. The van der Waals surface area contributed by atoms with E-state index in [0.29, 0.717) is 44.9 Å². The van der Waals surface area contributed by atoms with Crippen LogP contribution in [0.3, 0.4) is 0 Å². The van der Waals surface area contributed by atoms with Crippen LogP contribution in [-0.4, -0.2) is 56.0 Å². The van der Waals surface area contributed by atoms with E-state index in [-0.39, 0.29) is 29.7 Å². The Bertz CT molecular complexity index is 856. The molecule has 0 heterocycles. The highest BCUT2D eigenvalue weighted by Gasteiger charge is 2.45. The van der Waals surface area contributed by atoms with E-state index < -0.39 is 0 Å². The van der Waals surface area contributed by atoms with E-state index in [1.165, 1.54) is 11.1 Å². The molecule has 35 heavy (non-hydrogen) atoms. The van der Waals surface area contributed by atoms with Crippen LogP contribution in [0.4, 0.5) is 0 Å². The van der Waals surface area contributed by atoms with Crippen molar-refractivity contribution in [2.24, 2.45) is 11.8 Å². The van der Waals surface area contributed by atoms with Crippen molar-refractivity contribution in [3.05, 3.63) is 71.8 Å². The molecule has 0 spiro atoms. The van der Waals surface area contributed by atoms with Crippen LogP contribution in [0.2, 0.25) is 0 Å². The standard InChI is InChI=1S/C14H18O3.C10H9ClO.C4H10O2/c1-2-16-8-9-17-14(15)13-10-12(13)11-6-4-3-5-7-11;11-10(12)9-6-8(9)7-4-2-1-3-5-7;1-2-6-4-3-5/h3-7,12-13H,2,8-10H2,1H3;1-5,8-9H,6H2;5H,2-4H2,1H3/t12-,13+;8-,9+;/m00./s1. The molecule has 2 saturated carbocycles.